The van der Waals surface area contributed by atoms with Crippen LogP contribution in [-0.4, -0.2) is 17.5 Å². The Hall–Kier alpha value is -0.860. The van der Waals surface area contributed by atoms with Crippen LogP contribution in [-0.2, 0) is 13.1 Å². The Labute approximate surface area is 98.4 Å². The van der Waals surface area contributed by atoms with Gasteiger partial charge in [0.25, 0.3) is 0 Å². The SMILES string of the molecule is CC(N)C(C)(C)CN1Cc2ccccc2C1. The van der Waals surface area contributed by atoms with Crippen molar-refractivity contribution >= 4 is 0 Å². The molecule has 2 heteroatoms. The molecule has 1 aliphatic rings. The number of nitrogens with zero attached hydrogens (tertiary/aromatic N) is 1. The summed E-state index contributed by atoms with van der Waals surface area (Å²) in [4.78, 5) is 2.49. The zero-order valence-electron chi connectivity index (χ0n) is 10.5. The lowest BCUT2D eigenvalue weighted by Gasteiger charge is -2.33. The monoisotopic (exact) mass is 218 g/mol. The van der Waals surface area contributed by atoms with E-state index in [-0.39, 0.29) is 11.5 Å². The van der Waals surface area contributed by atoms with Crippen LogP contribution in [0.5, 0.6) is 0 Å². The summed E-state index contributed by atoms with van der Waals surface area (Å²) in [5.41, 5.74) is 9.16. The molecule has 16 heavy (non-hydrogen) atoms. The second-order valence-electron chi connectivity index (χ2n) is 5.69. The molecule has 0 radical (unpaired) electrons. The van der Waals surface area contributed by atoms with Crippen molar-refractivity contribution in [3.8, 4) is 0 Å². The number of fused-ring (bicyclic) bond motifs is 1. The van der Waals surface area contributed by atoms with Gasteiger partial charge >= 0.3 is 0 Å². The van der Waals surface area contributed by atoms with Gasteiger partial charge in [-0.25, -0.2) is 0 Å². The molecule has 0 fully saturated rings. The third-order valence-electron chi connectivity index (χ3n) is 3.77. The molecule has 1 atom stereocenters. The Morgan fingerprint density at radius 2 is 1.75 bits per heavy atom. The van der Waals surface area contributed by atoms with Crippen LogP contribution in [0.2, 0.25) is 0 Å². The van der Waals surface area contributed by atoms with Gasteiger partial charge in [-0.05, 0) is 23.5 Å². The molecule has 0 saturated heterocycles. The van der Waals surface area contributed by atoms with Gasteiger partial charge in [-0.3, -0.25) is 4.90 Å². The highest BCUT2D eigenvalue weighted by Crippen LogP contribution is 2.27. The lowest BCUT2D eigenvalue weighted by atomic mass is 9.85. The summed E-state index contributed by atoms with van der Waals surface area (Å²) in [7, 11) is 0. The van der Waals surface area contributed by atoms with Crippen LogP contribution in [0, 0.1) is 5.41 Å². The maximum absolute atomic E-state index is 6.03. The smallest absolute Gasteiger partial charge is 0.0240 e. The first-order valence-electron chi connectivity index (χ1n) is 6.04. The largest absolute Gasteiger partial charge is 0.327 e. The van der Waals surface area contributed by atoms with Crippen molar-refractivity contribution in [3.05, 3.63) is 35.4 Å². The highest BCUT2D eigenvalue weighted by Gasteiger charge is 2.28. The molecule has 2 N–H and O–H groups in total. The molecular weight excluding hydrogens is 196 g/mol. The van der Waals surface area contributed by atoms with Crippen LogP contribution in [0.1, 0.15) is 31.9 Å². The first-order valence-corrected chi connectivity index (χ1v) is 6.04. The number of benzene rings is 1. The predicted molar refractivity (Wildman–Crippen MR) is 68.0 cm³/mol. The summed E-state index contributed by atoms with van der Waals surface area (Å²) in [5.74, 6) is 0. The maximum atomic E-state index is 6.03. The van der Waals surface area contributed by atoms with Crippen LogP contribution in [0.3, 0.4) is 0 Å². The van der Waals surface area contributed by atoms with Crippen LogP contribution >= 0.6 is 0 Å². The van der Waals surface area contributed by atoms with Crippen molar-refractivity contribution in [2.75, 3.05) is 6.54 Å². The number of rotatable bonds is 3. The molecule has 1 heterocycles. The summed E-state index contributed by atoms with van der Waals surface area (Å²) in [6.45, 7) is 9.82. The van der Waals surface area contributed by atoms with E-state index in [1.807, 2.05) is 0 Å². The minimum absolute atomic E-state index is 0.183. The molecular formula is C14H22N2. The van der Waals surface area contributed by atoms with Crippen LogP contribution in [0.4, 0.5) is 0 Å². The number of nitrogens with two attached hydrogens (primary N) is 1. The van der Waals surface area contributed by atoms with E-state index in [2.05, 4.69) is 49.9 Å². The minimum Gasteiger partial charge on any atom is -0.327 e. The molecule has 1 unspecified atom stereocenters. The zero-order valence-corrected chi connectivity index (χ0v) is 10.5. The van der Waals surface area contributed by atoms with Crippen molar-refractivity contribution in [1.29, 1.82) is 0 Å². The standard InChI is InChI=1S/C14H22N2/c1-11(15)14(2,3)10-16-8-12-6-4-5-7-13(12)9-16/h4-7,11H,8-10,15H2,1-3H3. The van der Waals surface area contributed by atoms with Crippen LogP contribution < -0.4 is 5.73 Å². The summed E-state index contributed by atoms with van der Waals surface area (Å²) >= 11 is 0. The molecule has 2 rings (SSSR count). The molecule has 1 aromatic rings. The highest BCUT2D eigenvalue weighted by atomic mass is 15.1. The van der Waals surface area contributed by atoms with E-state index in [1.54, 1.807) is 0 Å². The minimum atomic E-state index is 0.183. The third kappa shape index (κ3) is 2.28. The Bertz CT molecular complexity index is 344. The van der Waals surface area contributed by atoms with Gasteiger partial charge in [0.05, 0.1) is 0 Å². The predicted octanol–water partition coefficient (Wildman–Crippen LogP) is 2.38. The van der Waals surface area contributed by atoms with Gasteiger partial charge in [0, 0.05) is 25.7 Å². The molecule has 2 nitrogen and oxygen atoms in total. The van der Waals surface area contributed by atoms with Crippen molar-refractivity contribution in [1.82, 2.24) is 4.90 Å². The fraction of sp³-hybridized carbons (Fsp3) is 0.571. The molecule has 0 saturated carbocycles. The normalized spacial score (nSPS) is 18.5. The van der Waals surface area contributed by atoms with Crippen LogP contribution in [0.15, 0.2) is 24.3 Å². The van der Waals surface area contributed by atoms with E-state index in [1.165, 1.54) is 11.1 Å². The highest BCUT2D eigenvalue weighted by molar-refractivity contribution is 5.30. The Morgan fingerprint density at radius 3 is 2.19 bits per heavy atom. The van der Waals surface area contributed by atoms with Gasteiger partial charge in [-0.2, -0.15) is 0 Å². The first kappa shape index (κ1) is 11.6. The van der Waals surface area contributed by atoms with Gasteiger partial charge in [0.2, 0.25) is 0 Å². The number of hydrogen-bond acceptors (Lipinski definition) is 2. The molecule has 0 aliphatic carbocycles. The molecule has 0 aromatic heterocycles. The summed E-state index contributed by atoms with van der Waals surface area (Å²) in [5, 5.41) is 0. The van der Waals surface area contributed by atoms with Crippen LogP contribution in [0.25, 0.3) is 0 Å². The molecule has 88 valence electrons. The van der Waals surface area contributed by atoms with Crippen molar-refractivity contribution in [2.45, 2.75) is 39.9 Å². The zero-order chi connectivity index (χ0) is 11.8. The lowest BCUT2D eigenvalue weighted by Crippen LogP contribution is -2.42. The average Bonchev–Trinajstić information content (AvgIpc) is 2.58. The van der Waals surface area contributed by atoms with E-state index in [9.17, 15) is 0 Å². The van der Waals surface area contributed by atoms with Crippen molar-refractivity contribution < 1.29 is 0 Å². The van der Waals surface area contributed by atoms with E-state index in [0.29, 0.717) is 0 Å². The topological polar surface area (TPSA) is 29.3 Å². The van der Waals surface area contributed by atoms with Crippen molar-refractivity contribution in [2.24, 2.45) is 11.1 Å². The summed E-state index contributed by atoms with van der Waals surface area (Å²) in [6, 6.07) is 8.94. The maximum Gasteiger partial charge on any atom is 0.0240 e. The van der Waals surface area contributed by atoms with Gasteiger partial charge in [-0.15, -0.1) is 0 Å². The molecule has 1 aliphatic heterocycles. The first-order chi connectivity index (χ1) is 7.49. The van der Waals surface area contributed by atoms with E-state index < -0.39 is 0 Å². The fourth-order valence-corrected chi connectivity index (χ4v) is 2.24. The molecule has 0 amide bonds. The third-order valence-corrected chi connectivity index (χ3v) is 3.77. The van der Waals surface area contributed by atoms with Gasteiger partial charge in [0.1, 0.15) is 0 Å². The molecule has 0 spiro atoms. The number of hydrogen-bond donors (Lipinski definition) is 1. The van der Waals surface area contributed by atoms with Gasteiger partial charge in [0.15, 0.2) is 0 Å². The fourth-order valence-electron chi connectivity index (χ4n) is 2.24. The van der Waals surface area contributed by atoms with E-state index in [0.717, 1.165) is 19.6 Å². The Morgan fingerprint density at radius 1 is 1.25 bits per heavy atom. The van der Waals surface area contributed by atoms with Crippen molar-refractivity contribution in [3.63, 3.8) is 0 Å². The summed E-state index contributed by atoms with van der Waals surface area (Å²) < 4.78 is 0. The van der Waals surface area contributed by atoms with Gasteiger partial charge < -0.3 is 5.73 Å². The Kier molecular flexibility index (Phi) is 3.04. The second kappa shape index (κ2) is 4.19. The lowest BCUT2D eigenvalue weighted by molar-refractivity contribution is 0.157. The Balaban J connectivity index is 2.02. The average molecular weight is 218 g/mol. The summed E-state index contributed by atoms with van der Waals surface area (Å²) in [6.07, 6.45) is 0. The molecule has 1 aromatic carbocycles. The van der Waals surface area contributed by atoms with Gasteiger partial charge in [-0.1, -0.05) is 38.1 Å². The quantitative estimate of drug-likeness (QED) is 0.844. The molecule has 0 bridgehead atoms. The van der Waals surface area contributed by atoms with E-state index >= 15 is 0 Å². The van der Waals surface area contributed by atoms with E-state index in [4.69, 9.17) is 5.73 Å². The second-order valence-corrected chi connectivity index (χ2v) is 5.69.